The minimum Gasteiger partial charge on any atom is -0.481 e. The second kappa shape index (κ2) is 11.1. The number of allylic oxidation sites excluding steroid dienone is 3. The van der Waals surface area contributed by atoms with Crippen molar-refractivity contribution in [1.82, 2.24) is 0 Å². The number of Topliss-reactive ketones (excluding diaryl/α,β-unsaturated/α-hetero) is 1. The highest BCUT2D eigenvalue weighted by atomic mass is 16.4. The lowest BCUT2D eigenvalue weighted by molar-refractivity contribution is -0.137. The number of carboxylic acid groups (broad SMARTS) is 1. The predicted molar refractivity (Wildman–Crippen MR) is 117 cm³/mol. The molecule has 0 aromatic heterocycles. The van der Waals surface area contributed by atoms with Crippen molar-refractivity contribution in [3.8, 4) is 0 Å². The molecule has 2 rings (SSSR count). The lowest BCUT2D eigenvalue weighted by Crippen LogP contribution is -2.32. The molecule has 0 amide bonds. The number of hydrogen-bond acceptors (Lipinski definition) is 3. The van der Waals surface area contributed by atoms with Gasteiger partial charge in [0.25, 0.3) is 0 Å². The van der Waals surface area contributed by atoms with Crippen molar-refractivity contribution in [2.24, 2.45) is 17.8 Å². The van der Waals surface area contributed by atoms with Crippen LogP contribution in [0, 0.1) is 17.8 Å². The number of carbonyl (C=O) groups excluding carboxylic acids is 1. The summed E-state index contributed by atoms with van der Waals surface area (Å²) in [5.74, 6) is 0.263. The lowest BCUT2D eigenvalue weighted by Gasteiger charge is -2.24. The molecular formula is C25H40O4. The van der Waals surface area contributed by atoms with Crippen molar-refractivity contribution in [2.45, 2.75) is 103 Å². The van der Waals surface area contributed by atoms with Crippen LogP contribution in [-0.2, 0) is 9.59 Å². The fourth-order valence-corrected chi connectivity index (χ4v) is 5.11. The van der Waals surface area contributed by atoms with E-state index >= 15 is 0 Å². The first-order chi connectivity index (χ1) is 13.7. The third kappa shape index (κ3) is 7.40. The van der Waals surface area contributed by atoms with Crippen LogP contribution < -0.4 is 0 Å². The molecule has 4 heteroatoms. The van der Waals surface area contributed by atoms with E-state index in [0.29, 0.717) is 31.0 Å². The van der Waals surface area contributed by atoms with E-state index in [1.807, 2.05) is 6.08 Å². The molecule has 4 nitrogen and oxygen atoms in total. The van der Waals surface area contributed by atoms with Gasteiger partial charge in [-0.15, -0.1) is 0 Å². The topological polar surface area (TPSA) is 74.6 Å². The molecule has 1 fully saturated rings. The maximum absolute atomic E-state index is 12.8. The Morgan fingerprint density at radius 3 is 2.66 bits per heavy atom. The molecule has 0 heterocycles. The van der Waals surface area contributed by atoms with E-state index in [2.05, 4.69) is 26.8 Å². The van der Waals surface area contributed by atoms with Gasteiger partial charge in [0.15, 0.2) is 0 Å². The first kappa shape index (κ1) is 23.9. The number of ketones is 1. The van der Waals surface area contributed by atoms with Crippen LogP contribution in [0.3, 0.4) is 0 Å². The zero-order valence-electron chi connectivity index (χ0n) is 18.6. The summed E-state index contributed by atoms with van der Waals surface area (Å²) in [6.45, 7) is 6.53. The molecule has 164 valence electrons. The van der Waals surface area contributed by atoms with E-state index in [1.54, 1.807) is 0 Å². The number of hydrogen-bond donors (Lipinski definition) is 2. The van der Waals surface area contributed by atoms with E-state index in [9.17, 15) is 14.7 Å². The summed E-state index contributed by atoms with van der Waals surface area (Å²) < 4.78 is 0. The summed E-state index contributed by atoms with van der Waals surface area (Å²) in [7, 11) is 0. The van der Waals surface area contributed by atoms with Gasteiger partial charge in [0.05, 0.1) is 5.60 Å². The molecule has 2 aliphatic carbocycles. The molecule has 1 unspecified atom stereocenters. The molecule has 0 bridgehead atoms. The molecule has 0 aromatic carbocycles. The van der Waals surface area contributed by atoms with Gasteiger partial charge in [-0.3, -0.25) is 9.59 Å². The average Bonchev–Trinajstić information content (AvgIpc) is 3.11. The van der Waals surface area contributed by atoms with E-state index in [4.69, 9.17) is 5.11 Å². The second-order valence-electron chi connectivity index (χ2n) is 9.67. The Morgan fingerprint density at radius 2 is 1.97 bits per heavy atom. The number of aliphatic hydroxyl groups is 1. The Kier molecular flexibility index (Phi) is 9.13. The van der Waals surface area contributed by atoms with E-state index in [0.717, 1.165) is 44.9 Å². The first-order valence-corrected chi connectivity index (χ1v) is 11.5. The Labute approximate surface area is 176 Å². The van der Waals surface area contributed by atoms with Gasteiger partial charge < -0.3 is 10.2 Å². The molecule has 0 aliphatic heterocycles. The largest absolute Gasteiger partial charge is 0.481 e. The normalized spacial score (nSPS) is 26.7. The molecule has 2 aliphatic rings. The van der Waals surface area contributed by atoms with Gasteiger partial charge in [-0.1, -0.05) is 36.6 Å². The molecule has 0 aromatic rings. The maximum atomic E-state index is 12.8. The maximum Gasteiger partial charge on any atom is 0.303 e. The number of fused-ring (bicyclic) bond motifs is 1. The molecule has 4 atom stereocenters. The van der Waals surface area contributed by atoms with Crippen LogP contribution in [0.2, 0.25) is 0 Å². The third-order valence-corrected chi connectivity index (χ3v) is 6.80. The zero-order chi connectivity index (χ0) is 21.4. The van der Waals surface area contributed by atoms with Crippen molar-refractivity contribution in [1.29, 1.82) is 0 Å². The molecule has 0 saturated heterocycles. The van der Waals surface area contributed by atoms with Gasteiger partial charge in [-0.2, -0.15) is 0 Å². The number of unbranched alkanes of at least 4 members (excludes halogenated alkanes) is 1. The van der Waals surface area contributed by atoms with Crippen LogP contribution >= 0.6 is 0 Å². The summed E-state index contributed by atoms with van der Waals surface area (Å²) in [6.07, 6.45) is 14.1. The van der Waals surface area contributed by atoms with Crippen molar-refractivity contribution in [3.63, 3.8) is 0 Å². The van der Waals surface area contributed by atoms with Crippen molar-refractivity contribution < 1.29 is 19.8 Å². The van der Waals surface area contributed by atoms with E-state index in [1.165, 1.54) is 17.6 Å². The van der Waals surface area contributed by atoms with Gasteiger partial charge in [0.1, 0.15) is 5.78 Å². The number of aliphatic carboxylic acids is 1. The fourth-order valence-electron chi connectivity index (χ4n) is 5.11. The Hall–Kier alpha value is -1.42. The van der Waals surface area contributed by atoms with Crippen LogP contribution in [0.5, 0.6) is 0 Å². The standard InChI is InChI=1S/C25H40O4/c1-18(2)8-6-9-19(3)10-7-12-23(26)21-14-15-25(29)17-20(16-22(21)25)11-4-5-13-24(27)28/h8,17,19,21-22,29H,4-7,9-16H2,1-3H3,(H,27,28)/t19?,21-,22+,25-/m1/s1. The van der Waals surface area contributed by atoms with Crippen LogP contribution in [-0.4, -0.2) is 27.6 Å². The number of rotatable bonds is 13. The Bertz CT molecular complexity index is 629. The number of carbonyl (C=O) groups is 2. The van der Waals surface area contributed by atoms with Gasteiger partial charge in [-0.25, -0.2) is 0 Å². The van der Waals surface area contributed by atoms with Crippen LogP contribution in [0.25, 0.3) is 0 Å². The molecule has 2 N–H and O–H groups in total. The molecule has 0 spiro atoms. The average molecular weight is 405 g/mol. The third-order valence-electron chi connectivity index (χ3n) is 6.80. The summed E-state index contributed by atoms with van der Waals surface area (Å²) in [5.41, 5.74) is 1.78. The monoisotopic (exact) mass is 404 g/mol. The van der Waals surface area contributed by atoms with Crippen molar-refractivity contribution in [3.05, 3.63) is 23.3 Å². The molecule has 1 saturated carbocycles. The van der Waals surface area contributed by atoms with Gasteiger partial charge in [0.2, 0.25) is 0 Å². The Balaban J connectivity index is 1.73. The minimum atomic E-state index is -0.805. The van der Waals surface area contributed by atoms with Crippen LogP contribution in [0.15, 0.2) is 23.3 Å². The highest BCUT2D eigenvalue weighted by Gasteiger charge is 2.51. The zero-order valence-corrected chi connectivity index (χ0v) is 18.6. The van der Waals surface area contributed by atoms with Gasteiger partial charge >= 0.3 is 5.97 Å². The quantitative estimate of drug-likeness (QED) is 0.299. The van der Waals surface area contributed by atoms with Gasteiger partial charge in [0, 0.05) is 24.7 Å². The van der Waals surface area contributed by atoms with Crippen molar-refractivity contribution in [2.75, 3.05) is 0 Å². The SMILES string of the molecule is CC(C)=CCCC(C)CCCC(=O)[C@@H]1CC[C@@]2(O)C=C(CCCCC(=O)O)C[C@@H]12. The first-order valence-electron chi connectivity index (χ1n) is 11.5. The summed E-state index contributed by atoms with van der Waals surface area (Å²) in [5, 5.41) is 19.7. The summed E-state index contributed by atoms with van der Waals surface area (Å²) in [6, 6.07) is 0. The van der Waals surface area contributed by atoms with Crippen LogP contribution in [0.4, 0.5) is 0 Å². The number of carboxylic acids is 1. The van der Waals surface area contributed by atoms with E-state index in [-0.39, 0.29) is 18.3 Å². The molecular weight excluding hydrogens is 364 g/mol. The minimum absolute atomic E-state index is 0.00579. The highest BCUT2D eigenvalue weighted by molar-refractivity contribution is 5.82. The second-order valence-corrected chi connectivity index (χ2v) is 9.67. The summed E-state index contributed by atoms with van der Waals surface area (Å²) in [4.78, 5) is 23.5. The van der Waals surface area contributed by atoms with E-state index < -0.39 is 11.6 Å². The van der Waals surface area contributed by atoms with Crippen LogP contribution in [0.1, 0.15) is 97.8 Å². The summed E-state index contributed by atoms with van der Waals surface area (Å²) >= 11 is 0. The lowest BCUT2D eigenvalue weighted by atomic mass is 9.83. The Morgan fingerprint density at radius 1 is 1.21 bits per heavy atom. The molecule has 29 heavy (non-hydrogen) atoms. The highest BCUT2D eigenvalue weighted by Crippen LogP contribution is 2.51. The molecule has 0 radical (unpaired) electrons. The van der Waals surface area contributed by atoms with Crippen molar-refractivity contribution >= 4 is 11.8 Å². The fraction of sp³-hybridized carbons (Fsp3) is 0.760. The predicted octanol–water partition coefficient (Wildman–Crippen LogP) is 5.84. The van der Waals surface area contributed by atoms with Gasteiger partial charge in [-0.05, 0) is 77.6 Å². The smallest absolute Gasteiger partial charge is 0.303 e.